The van der Waals surface area contributed by atoms with Gasteiger partial charge < -0.3 is 4.52 Å². The molecule has 6 nitrogen and oxygen atoms in total. The summed E-state index contributed by atoms with van der Waals surface area (Å²) in [5.74, 6) is 0.212. The second kappa shape index (κ2) is 6.39. The summed E-state index contributed by atoms with van der Waals surface area (Å²) in [6.45, 7) is 3.91. The number of pyridine rings is 2. The summed E-state index contributed by atoms with van der Waals surface area (Å²) in [6.07, 6.45) is 5.00. The Morgan fingerprint density at radius 2 is 2.13 bits per heavy atom. The number of carbonyl (C=O) groups is 1. The Hall–Kier alpha value is -3.02. The molecule has 0 amide bonds. The normalized spacial score (nSPS) is 11.9. The number of rotatable bonds is 3. The Kier molecular flexibility index (Phi) is 4.14. The van der Waals surface area contributed by atoms with Gasteiger partial charge in [0.1, 0.15) is 5.49 Å². The molecular formula is C17H16N4O2. The highest BCUT2D eigenvalue weighted by atomic mass is 16.5. The molecule has 0 aliphatic carbocycles. The standard InChI is InChI=1S/C17H16N4O2/c1-12(2)19-16-7-3-4-9-21(16)17(22)14-10-15(23-20-14)13-6-5-8-18-11-13/h3-12H,1-2H3. The van der Waals surface area contributed by atoms with Crippen LogP contribution in [0.3, 0.4) is 0 Å². The molecular weight excluding hydrogens is 292 g/mol. The van der Waals surface area contributed by atoms with Crippen LogP contribution in [0.1, 0.15) is 24.3 Å². The number of hydrogen-bond acceptors (Lipinski definition) is 5. The molecule has 0 saturated carbocycles. The molecule has 3 aromatic heterocycles. The zero-order valence-electron chi connectivity index (χ0n) is 12.9. The highest BCUT2D eigenvalue weighted by Crippen LogP contribution is 2.19. The minimum Gasteiger partial charge on any atom is -0.355 e. The minimum atomic E-state index is -0.288. The highest BCUT2D eigenvalue weighted by Gasteiger charge is 2.15. The average molecular weight is 308 g/mol. The molecule has 3 aromatic rings. The molecule has 0 bridgehead atoms. The van der Waals surface area contributed by atoms with Gasteiger partial charge in [0.15, 0.2) is 11.5 Å². The number of aromatic nitrogens is 3. The fourth-order valence-corrected chi connectivity index (χ4v) is 2.12. The topological polar surface area (TPSA) is 73.3 Å². The first-order valence-corrected chi connectivity index (χ1v) is 7.28. The third-order valence-corrected chi connectivity index (χ3v) is 3.12. The molecule has 0 aliphatic heterocycles. The Balaban J connectivity index is 1.98. The van der Waals surface area contributed by atoms with Gasteiger partial charge in [-0.1, -0.05) is 11.2 Å². The molecule has 116 valence electrons. The van der Waals surface area contributed by atoms with Crippen molar-refractivity contribution in [1.29, 1.82) is 0 Å². The summed E-state index contributed by atoms with van der Waals surface area (Å²) in [5.41, 5.74) is 1.57. The lowest BCUT2D eigenvalue weighted by molar-refractivity contribution is 0.0945. The van der Waals surface area contributed by atoms with Crippen LogP contribution in [0.25, 0.3) is 11.3 Å². The van der Waals surface area contributed by atoms with Crippen LogP contribution in [0.15, 0.2) is 64.5 Å². The maximum absolute atomic E-state index is 12.7. The Bertz CT molecular complexity index is 879. The lowest BCUT2D eigenvalue weighted by Gasteiger charge is -2.04. The van der Waals surface area contributed by atoms with Crippen LogP contribution in [0.5, 0.6) is 0 Å². The molecule has 0 aliphatic rings. The second-order valence-electron chi connectivity index (χ2n) is 5.27. The predicted octanol–water partition coefficient (Wildman–Crippen LogP) is 2.54. The van der Waals surface area contributed by atoms with Gasteiger partial charge in [-0.25, -0.2) is 0 Å². The van der Waals surface area contributed by atoms with Crippen molar-refractivity contribution >= 4 is 5.91 Å². The van der Waals surface area contributed by atoms with E-state index < -0.39 is 0 Å². The van der Waals surface area contributed by atoms with Gasteiger partial charge in [0.25, 0.3) is 5.91 Å². The fourth-order valence-electron chi connectivity index (χ4n) is 2.12. The lowest BCUT2D eigenvalue weighted by Crippen LogP contribution is -2.28. The summed E-state index contributed by atoms with van der Waals surface area (Å²) < 4.78 is 6.72. The third-order valence-electron chi connectivity index (χ3n) is 3.12. The lowest BCUT2D eigenvalue weighted by atomic mass is 10.2. The van der Waals surface area contributed by atoms with Gasteiger partial charge in [0, 0.05) is 36.3 Å². The second-order valence-corrected chi connectivity index (χ2v) is 5.27. The van der Waals surface area contributed by atoms with E-state index in [4.69, 9.17) is 4.52 Å². The Labute approximate surface area is 133 Å². The highest BCUT2D eigenvalue weighted by molar-refractivity contribution is 5.94. The maximum atomic E-state index is 12.7. The van der Waals surface area contributed by atoms with Crippen molar-refractivity contribution in [2.75, 3.05) is 0 Å². The van der Waals surface area contributed by atoms with Crippen molar-refractivity contribution in [3.05, 3.63) is 66.2 Å². The largest absolute Gasteiger partial charge is 0.355 e. The molecule has 0 atom stereocenters. The minimum absolute atomic E-state index is 0.0831. The van der Waals surface area contributed by atoms with Gasteiger partial charge in [0.05, 0.1) is 0 Å². The number of carbonyl (C=O) groups excluding carboxylic acids is 1. The van der Waals surface area contributed by atoms with E-state index in [-0.39, 0.29) is 17.6 Å². The zero-order valence-corrected chi connectivity index (χ0v) is 12.9. The molecule has 3 heterocycles. The van der Waals surface area contributed by atoms with Crippen molar-refractivity contribution in [3.63, 3.8) is 0 Å². The zero-order chi connectivity index (χ0) is 16.2. The van der Waals surface area contributed by atoms with Crippen LogP contribution in [0, 0.1) is 0 Å². The third kappa shape index (κ3) is 3.26. The van der Waals surface area contributed by atoms with Crippen LogP contribution < -0.4 is 5.49 Å². The van der Waals surface area contributed by atoms with Gasteiger partial charge >= 0.3 is 0 Å². The summed E-state index contributed by atoms with van der Waals surface area (Å²) >= 11 is 0. The molecule has 0 radical (unpaired) electrons. The molecule has 0 aromatic carbocycles. The van der Waals surface area contributed by atoms with Gasteiger partial charge in [0.2, 0.25) is 0 Å². The summed E-state index contributed by atoms with van der Waals surface area (Å²) in [4.78, 5) is 21.1. The van der Waals surface area contributed by atoms with Crippen molar-refractivity contribution in [2.24, 2.45) is 4.99 Å². The molecule has 0 N–H and O–H groups in total. The first-order valence-electron chi connectivity index (χ1n) is 7.28. The molecule has 23 heavy (non-hydrogen) atoms. The Morgan fingerprint density at radius 3 is 2.87 bits per heavy atom. The molecule has 6 heteroatoms. The van der Waals surface area contributed by atoms with Crippen LogP contribution in [0.4, 0.5) is 0 Å². The van der Waals surface area contributed by atoms with E-state index >= 15 is 0 Å². The van der Waals surface area contributed by atoms with Gasteiger partial charge in [-0.05, 0) is 38.1 Å². The van der Waals surface area contributed by atoms with E-state index in [1.807, 2.05) is 26.0 Å². The van der Waals surface area contributed by atoms with Crippen molar-refractivity contribution in [2.45, 2.75) is 19.9 Å². The summed E-state index contributed by atoms with van der Waals surface area (Å²) in [5, 5.41) is 3.87. The smallest absolute Gasteiger partial charge is 0.285 e. The van der Waals surface area contributed by atoms with Gasteiger partial charge in [-0.15, -0.1) is 0 Å². The maximum Gasteiger partial charge on any atom is 0.285 e. The van der Waals surface area contributed by atoms with E-state index in [0.717, 1.165) is 5.56 Å². The number of hydrogen-bond donors (Lipinski definition) is 0. The summed E-state index contributed by atoms with van der Waals surface area (Å²) in [6, 6.07) is 10.7. The van der Waals surface area contributed by atoms with Crippen molar-refractivity contribution < 1.29 is 9.32 Å². The Morgan fingerprint density at radius 1 is 1.26 bits per heavy atom. The van der Waals surface area contributed by atoms with E-state index in [1.165, 1.54) is 4.57 Å². The van der Waals surface area contributed by atoms with Gasteiger partial charge in [-0.3, -0.25) is 19.3 Å². The fraction of sp³-hybridized carbons (Fsp3) is 0.176. The molecule has 3 rings (SSSR count). The average Bonchev–Trinajstić information content (AvgIpc) is 3.05. The molecule has 0 unspecified atom stereocenters. The van der Waals surface area contributed by atoms with Crippen molar-refractivity contribution in [1.82, 2.24) is 14.7 Å². The molecule has 0 saturated heterocycles. The van der Waals surface area contributed by atoms with Crippen LogP contribution in [-0.4, -0.2) is 26.7 Å². The molecule has 0 fully saturated rings. The van der Waals surface area contributed by atoms with Crippen LogP contribution in [0.2, 0.25) is 0 Å². The van der Waals surface area contributed by atoms with E-state index in [1.54, 1.807) is 42.9 Å². The monoisotopic (exact) mass is 308 g/mol. The SMILES string of the molecule is CC(C)N=c1ccccn1C(=O)c1cc(-c2cccnc2)on1. The van der Waals surface area contributed by atoms with E-state index in [0.29, 0.717) is 11.2 Å². The quantitative estimate of drug-likeness (QED) is 0.745. The van der Waals surface area contributed by atoms with E-state index in [9.17, 15) is 4.79 Å². The molecule has 0 spiro atoms. The first kappa shape index (κ1) is 14.9. The van der Waals surface area contributed by atoms with Crippen LogP contribution >= 0.6 is 0 Å². The summed E-state index contributed by atoms with van der Waals surface area (Å²) in [7, 11) is 0. The van der Waals surface area contributed by atoms with Gasteiger partial charge in [-0.2, -0.15) is 0 Å². The van der Waals surface area contributed by atoms with Crippen molar-refractivity contribution in [3.8, 4) is 11.3 Å². The predicted molar refractivity (Wildman–Crippen MR) is 84.6 cm³/mol. The number of nitrogens with zero attached hydrogens (tertiary/aromatic N) is 4. The first-order chi connectivity index (χ1) is 11.1. The van der Waals surface area contributed by atoms with Crippen LogP contribution in [-0.2, 0) is 0 Å². The van der Waals surface area contributed by atoms with E-state index in [2.05, 4.69) is 15.1 Å².